The fourth-order valence-corrected chi connectivity index (χ4v) is 3.66. The van der Waals surface area contributed by atoms with E-state index < -0.39 is 0 Å². The van der Waals surface area contributed by atoms with Gasteiger partial charge in [-0.15, -0.1) is 5.10 Å². The molecular formula is C24H18N4O. The van der Waals surface area contributed by atoms with Crippen molar-refractivity contribution in [3.05, 3.63) is 95.9 Å². The summed E-state index contributed by atoms with van der Waals surface area (Å²) in [6.07, 6.45) is 0.194. The Balaban J connectivity index is 1.49. The van der Waals surface area contributed by atoms with E-state index in [1.807, 2.05) is 73.7 Å². The number of para-hydroxylation sites is 1. The van der Waals surface area contributed by atoms with E-state index in [2.05, 4.69) is 27.4 Å². The second kappa shape index (κ2) is 6.95. The molecule has 5 nitrogen and oxygen atoms in total. The molecule has 0 aliphatic heterocycles. The lowest BCUT2D eigenvalue weighted by Crippen LogP contribution is -2.08. The Bertz CT molecular complexity index is 1360. The number of nitrogens with zero attached hydrogens (tertiary/aromatic N) is 4. The molecule has 0 amide bonds. The maximum Gasteiger partial charge on any atom is 0.190 e. The number of hydrogen-bond acceptors (Lipinski definition) is 4. The number of carbonyl (C=O) groups is 1. The Hall–Kier alpha value is -3.86. The number of benzene rings is 3. The first-order valence-electron chi connectivity index (χ1n) is 9.49. The lowest BCUT2D eigenvalue weighted by Gasteiger charge is -2.08. The second-order valence-electron chi connectivity index (χ2n) is 7.03. The minimum Gasteiger partial charge on any atom is -0.292 e. The molecule has 0 atom stereocenters. The Morgan fingerprint density at radius 1 is 0.862 bits per heavy atom. The maximum absolute atomic E-state index is 12.9. The van der Waals surface area contributed by atoms with Crippen molar-refractivity contribution in [3.8, 4) is 5.69 Å². The quantitative estimate of drug-likeness (QED) is 0.425. The summed E-state index contributed by atoms with van der Waals surface area (Å²) in [6.45, 7) is 1.88. The van der Waals surface area contributed by atoms with Gasteiger partial charge in [0.05, 0.1) is 23.3 Å². The first-order valence-corrected chi connectivity index (χ1v) is 9.49. The first kappa shape index (κ1) is 17.3. The summed E-state index contributed by atoms with van der Waals surface area (Å²) in [4.78, 5) is 17.5. The molecule has 0 bridgehead atoms. The van der Waals surface area contributed by atoms with E-state index in [4.69, 9.17) is 0 Å². The first-order chi connectivity index (χ1) is 14.2. The average Bonchev–Trinajstić information content (AvgIpc) is 3.14. The summed E-state index contributed by atoms with van der Waals surface area (Å²) in [7, 11) is 0. The van der Waals surface area contributed by atoms with Crippen LogP contribution >= 0.6 is 0 Å². The Morgan fingerprint density at radius 2 is 1.62 bits per heavy atom. The normalized spacial score (nSPS) is 11.2. The monoisotopic (exact) mass is 378 g/mol. The number of carbonyl (C=O) groups excluding carboxylic acids is 1. The standard InChI is InChI=1S/C24H18N4O/c1-16-24(23(29)15-19-14-13-18-8-3-5-11-21(18)25-19)26-27-28(16)22-12-6-9-17-7-2-4-10-20(17)22/h2-14H,15H2,1H3. The molecule has 3 aromatic carbocycles. The van der Waals surface area contributed by atoms with E-state index >= 15 is 0 Å². The third-order valence-corrected chi connectivity index (χ3v) is 5.15. The van der Waals surface area contributed by atoms with E-state index in [1.54, 1.807) is 4.68 Å². The van der Waals surface area contributed by atoms with Gasteiger partial charge in [-0.2, -0.15) is 0 Å². The molecule has 0 aliphatic rings. The van der Waals surface area contributed by atoms with Gasteiger partial charge in [0.25, 0.3) is 0 Å². The molecule has 29 heavy (non-hydrogen) atoms. The summed E-state index contributed by atoms with van der Waals surface area (Å²) < 4.78 is 1.74. The molecule has 0 aliphatic carbocycles. The van der Waals surface area contributed by atoms with Gasteiger partial charge < -0.3 is 0 Å². The van der Waals surface area contributed by atoms with Gasteiger partial charge in [-0.3, -0.25) is 9.78 Å². The lowest BCUT2D eigenvalue weighted by atomic mass is 10.1. The van der Waals surface area contributed by atoms with Crippen LogP contribution in [-0.4, -0.2) is 25.8 Å². The van der Waals surface area contributed by atoms with Crippen LogP contribution in [0.4, 0.5) is 0 Å². The third-order valence-electron chi connectivity index (χ3n) is 5.15. The molecule has 0 fully saturated rings. The van der Waals surface area contributed by atoms with Crippen molar-refractivity contribution >= 4 is 27.5 Å². The van der Waals surface area contributed by atoms with E-state index in [9.17, 15) is 4.79 Å². The summed E-state index contributed by atoms with van der Waals surface area (Å²) in [5.41, 5.74) is 3.64. The molecule has 5 aromatic rings. The predicted molar refractivity (Wildman–Crippen MR) is 113 cm³/mol. The fourth-order valence-electron chi connectivity index (χ4n) is 3.66. The van der Waals surface area contributed by atoms with Gasteiger partial charge in [-0.1, -0.05) is 65.9 Å². The molecule has 0 radical (unpaired) electrons. The Labute approximate surface area is 167 Å². The number of pyridine rings is 1. The third kappa shape index (κ3) is 3.06. The van der Waals surface area contributed by atoms with E-state index in [-0.39, 0.29) is 12.2 Å². The SMILES string of the molecule is Cc1c(C(=O)Cc2ccc3ccccc3n2)nnn1-c1cccc2ccccc12. The van der Waals surface area contributed by atoms with Crippen LogP contribution in [0, 0.1) is 6.92 Å². The molecule has 0 saturated heterocycles. The highest BCUT2D eigenvalue weighted by Gasteiger charge is 2.19. The van der Waals surface area contributed by atoms with Gasteiger partial charge >= 0.3 is 0 Å². The largest absolute Gasteiger partial charge is 0.292 e. The summed E-state index contributed by atoms with van der Waals surface area (Å²) in [5.74, 6) is -0.0863. The zero-order valence-corrected chi connectivity index (χ0v) is 15.9. The van der Waals surface area contributed by atoms with Gasteiger partial charge in [-0.05, 0) is 30.5 Å². The topological polar surface area (TPSA) is 60.7 Å². The van der Waals surface area contributed by atoms with Crippen molar-refractivity contribution in [2.75, 3.05) is 0 Å². The van der Waals surface area contributed by atoms with Gasteiger partial charge in [0.1, 0.15) is 0 Å². The van der Waals surface area contributed by atoms with Crippen molar-refractivity contribution in [3.63, 3.8) is 0 Å². The molecule has 0 unspecified atom stereocenters. The van der Waals surface area contributed by atoms with Crippen molar-refractivity contribution < 1.29 is 4.79 Å². The van der Waals surface area contributed by atoms with Crippen LogP contribution in [-0.2, 0) is 6.42 Å². The van der Waals surface area contributed by atoms with Crippen LogP contribution in [0.2, 0.25) is 0 Å². The van der Waals surface area contributed by atoms with Crippen LogP contribution in [0.3, 0.4) is 0 Å². The number of Topliss-reactive ketones (excluding diaryl/α,β-unsaturated/α-hetero) is 1. The molecule has 140 valence electrons. The van der Waals surface area contributed by atoms with Crippen molar-refractivity contribution in [2.45, 2.75) is 13.3 Å². The van der Waals surface area contributed by atoms with Crippen LogP contribution in [0.5, 0.6) is 0 Å². The summed E-state index contributed by atoms with van der Waals surface area (Å²) in [5, 5.41) is 11.7. The van der Waals surface area contributed by atoms with Crippen LogP contribution < -0.4 is 0 Å². The number of fused-ring (bicyclic) bond motifs is 2. The molecule has 5 rings (SSSR count). The van der Waals surface area contributed by atoms with Gasteiger partial charge in [0, 0.05) is 16.5 Å². The van der Waals surface area contributed by atoms with E-state index in [0.717, 1.165) is 38.8 Å². The smallest absolute Gasteiger partial charge is 0.190 e. The van der Waals surface area contributed by atoms with Gasteiger partial charge in [0.2, 0.25) is 0 Å². The molecule has 2 aromatic heterocycles. The zero-order chi connectivity index (χ0) is 19.8. The Kier molecular flexibility index (Phi) is 4.13. The van der Waals surface area contributed by atoms with E-state index in [0.29, 0.717) is 5.69 Å². The molecule has 5 heteroatoms. The molecule has 0 saturated carbocycles. The highest BCUT2D eigenvalue weighted by atomic mass is 16.1. The number of ketones is 1. The predicted octanol–water partition coefficient (Wildman–Crippen LogP) is 4.70. The second-order valence-corrected chi connectivity index (χ2v) is 7.03. The van der Waals surface area contributed by atoms with E-state index in [1.165, 1.54) is 0 Å². The average molecular weight is 378 g/mol. The highest BCUT2D eigenvalue weighted by Crippen LogP contribution is 2.23. The van der Waals surface area contributed by atoms with Crippen molar-refractivity contribution in [1.82, 2.24) is 20.0 Å². The summed E-state index contributed by atoms with van der Waals surface area (Å²) in [6, 6.07) is 25.9. The van der Waals surface area contributed by atoms with Gasteiger partial charge in [0.15, 0.2) is 11.5 Å². The molecule has 0 spiro atoms. The van der Waals surface area contributed by atoms with Gasteiger partial charge in [-0.25, -0.2) is 4.68 Å². The summed E-state index contributed by atoms with van der Waals surface area (Å²) >= 11 is 0. The highest BCUT2D eigenvalue weighted by molar-refractivity contribution is 5.97. The molecule has 2 heterocycles. The number of aromatic nitrogens is 4. The van der Waals surface area contributed by atoms with Crippen LogP contribution in [0.15, 0.2) is 78.9 Å². The number of hydrogen-bond donors (Lipinski definition) is 0. The Morgan fingerprint density at radius 3 is 2.52 bits per heavy atom. The number of rotatable bonds is 4. The minimum atomic E-state index is -0.0863. The lowest BCUT2D eigenvalue weighted by molar-refractivity contribution is 0.0986. The molecular weight excluding hydrogens is 360 g/mol. The maximum atomic E-state index is 12.9. The van der Waals surface area contributed by atoms with Crippen molar-refractivity contribution in [2.24, 2.45) is 0 Å². The minimum absolute atomic E-state index is 0.0863. The van der Waals surface area contributed by atoms with Crippen LogP contribution in [0.25, 0.3) is 27.4 Å². The molecule has 0 N–H and O–H groups in total. The van der Waals surface area contributed by atoms with Crippen LogP contribution in [0.1, 0.15) is 21.9 Å². The zero-order valence-electron chi connectivity index (χ0n) is 15.9. The van der Waals surface area contributed by atoms with Crippen molar-refractivity contribution in [1.29, 1.82) is 0 Å². The fraction of sp³-hybridized carbons (Fsp3) is 0.0833.